The van der Waals surface area contributed by atoms with Gasteiger partial charge in [-0.1, -0.05) is 0 Å². The summed E-state index contributed by atoms with van der Waals surface area (Å²) in [5, 5.41) is 7.40. The Morgan fingerprint density at radius 3 is 2.00 bits per heavy atom. The van der Waals surface area contributed by atoms with Crippen LogP contribution in [0.1, 0.15) is 62.9 Å². The third kappa shape index (κ3) is 7.55. The van der Waals surface area contributed by atoms with Gasteiger partial charge in [-0.25, -0.2) is 0 Å². The highest BCUT2D eigenvalue weighted by molar-refractivity contribution is 9.10. The van der Waals surface area contributed by atoms with Gasteiger partial charge in [0, 0.05) is 22.1 Å². The number of nitrogen functional groups attached to an aromatic ring is 1. The molecule has 6 nitrogen and oxygen atoms in total. The predicted octanol–water partition coefficient (Wildman–Crippen LogP) is 5.62. The van der Waals surface area contributed by atoms with E-state index in [0.29, 0.717) is 30.1 Å². The first-order valence-corrected chi connectivity index (χ1v) is 11.8. The quantitative estimate of drug-likeness (QED) is 0.223. The molecule has 2 aromatic carbocycles. The topological polar surface area (TPSA) is 88.6 Å². The van der Waals surface area contributed by atoms with Gasteiger partial charge in [-0.15, -0.1) is 0 Å². The number of unbranched alkanes of at least 4 members (excludes halogenated alkanes) is 2. The maximum absolute atomic E-state index is 13.0. The number of amidine groups is 1. The second-order valence-corrected chi connectivity index (χ2v) is 9.09. The van der Waals surface area contributed by atoms with Gasteiger partial charge in [0.25, 0.3) is 5.91 Å². The number of benzene rings is 2. The van der Waals surface area contributed by atoms with Crippen LogP contribution in [0, 0.1) is 5.41 Å². The van der Waals surface area contributed by atoms with Gasteiger partial charge >= 0.3 is 0 Å². The average Bonchev–Trinajstić information content (AvgIpc) is 2.73. The highest BCUT2D eigenvalue weighted by atomic mass is 79.9. The number of hydrogen-bond donors (Lipinski definition) is 2. The summed E-state index contributed by atoms with van der Waals surface area (Å²) in [5.74, 6) is 1.53. The third-order valence-electron chi connectivity index (χ3n) is 5.01. The number of nitrogens with one attached hydrogen (secondary N) is 1. The number of carbonyl (C=O) groups is 1. The monoisotopic (exact) mass is 503 g/mol. The van der Waals surface area contributed by atoms with Crippen LogP contribution in [0.5, 0.6) is 11.5 Å². The van der Waals surface area contributed by atoms with Crippen molar-refractivity contribution in [2.75, 3.05) is 13.2 Å². The van der Waals surface area contributed by atoms with E-state index in [1.807, 2.05) is 62.9 Å². The van der Waals surface area contributed by atoms with Crippen LogP contribution in [0.15, 0.2) is 46.9 Å². The molecule has 0 radical (unpaired) electrons. The maximum atomic E-state index is 13.0. The van der Waals surface area contributed by atoms with Gasteiger partial charge in [0.1, 0.15) is 17.3 Å². The lowest BCUT2D eigenvalue weighted by molar-refractivity contribution is 0.0642. The number of nitrogens with two attached hydrogens (primary N) is 1. The fourth-order valence-electron chi connectivity index (χ4n) is 3.45. The predicted molar refractivity (Wildman–Crippen MR) is 133 cm³/mol. The zero-order valence-corrected chi connectivity index (χ0v) is 20.9. The number of ether oxygens (including phenoxy) is 2. The fourth-order valence-corrected chi connectivity index (χ4v) is 3.87. The molecule has 32 heavy (non-hydrogen) atoms. The van der Waals surface area contributed by atoms with Gasteiger partial charge < -0.3 is 20.1 Å². The maximum Gasteiger partial charge on any atom is 0.255 e. The van der Waals surface area contributed by atoms with Crippen molar-refractivity contribution in [2.45, 2.75) is 59.0 Å². The van der Waals surface area contributed by atoms with Crippen LogP contribution >= 0.6 is 15.9 Å². The Balaban J connectivity index is 1.77. The summed E-state index contributed by atoms with van der Waals surface area (Å²) >= 11 is 3.50. The number of hydrogen-bond acceptors (Lipinski definition) is 4. The van der Waals surface area contributed by atoms with E-state index in [-0.39, 0.29) is 23.8 Å². The Hall–Kier alpha value is -2.54. The Morgan fingerprint density at radius 2 is 1.47 bits per heavy atom. The van der Waals surface area contributed by atoms with Crippen molar-refractivity contribution in [1.29, 1.82) is 5.41 Å². The molecule has 2 aromatic rings. The molecule has 0 aliphatic carbocycles. The molecular weight excluding hydrogens is 470 g/mol. The normalized spacial score (nSPS) is 11.0. The van der Waals surface area contributed by atoms with Gasteiger partial charge in [0.2, 0.25) is 0 Å². The molecule has 3 N–H and O–H groups in total. The van der Waals surface area contributed by atoms with Crippen molar-refractivity contribution in [3.8, 4) is 11.5 Å². The molecule has 0 atom stereocenters. The highest BCUT2D eigenvalue weighted by Gasteiger charge is 2.23. The van der Waals surface area contributed by atoms with Crippen LogP contribution in [0.4, 0.5) is 0 Å². The summed E-state index contributed by atoms with van der Waals surface area (Å²) in [7, 11) is 0. The molecule has 0 bridgehead atoms. The minimum atomic E-state index is 0.000749. The molecule has 0 saturated heterocycles. The Morgan fingerprint density at radius 1 is 0.938 bits per heavy atom. The molecule has 0 heterocycles. The first-order chi connectivity index (χ1) is 15.2. The first kappa shape index (κ1) is 25.7. The summed E-state index contributed by atoms with van der Waals surface area (Å²) in [6, 6.07) is 13.0. The van der Waals surface area contributed by atoms with Gasteiger partial charge in [-0.05, 0) is 105 Å². The summed E-state index contributed by atoms with van der Waals surface area (Å²) < 4.78 is 12.4. The molecule has 0 spiro atoms. The van der Waals surface area contributed by atoms with Crippen LogP contribution < -0.4 is 15.2 Å². The van der Waals surface area contributed by atoms with Gasteiger partial charge in [0.05, 0.1) is 18.8 Å². The first-order valence-electron chi connectivity index (χ1n) is 11.0. The Labute approximate surface area is 199 Å². The summed E-state index contributed by atoms with van der Waals surface area (Å²) in [6.45, 7) is 9.30. The van der Waals surface area contributed by atoms with E-state index in [9.17, 15) is 4.79 Å². The second-order valence-electron chi connectivity index (χ2n) is 8.24. The molecular formula is C25H34BrN3O3. The molecule has 0 saturated carbocycles. The highest BCUT2D eigenvalue weighted by Crippen LogP contribution is 2.26. The van der Waals surface area contributed by atoms with Crippen LogP contribution in [0.2, 0.25) is 0 Å². The van der Waals surface area contributed by atoms with Crippen LogP contribution in [-0.4, -0.2) is 41.9 Å². The minimum absolute atomic E-state index is 0.000749. The fraction of sp³-hybridized carbons (Fsp3) is 0.440. The van der Waals surface area contributed by atoms with Crippen molar-refractivity contribution < 1.29 is 14.3 Å². The van der Waals surface area contributed by atoms with Crippen molar-refractivity contribution in [2.24, 2.45) is 5.73 Å². The molecule has 0 unspecified atom stereocenters. The van der Waals surface area contributed by atoms with Gasteiger partial charge in [-0.2, -0.15) is 0 Å². The smallest absolute Gasteiger partial charge is 0.255 e. The Bertz CT molecular complexity index is 890. The lowest BCUT2D eigenvalue weighted by Crippen LogP contribution is -2.42. The number of amides is 1. The van der Waals surface area contributed by atoms with E-state index < -0.39 is 0 Å². The number of nitrogens with zero attached hydrogens (tertiary/aromatic N) is 1. The lowest BCUT2D eigenvalue weighted by Gasteiger charge is -2.31. The second kappa shape index (κ2) is 12.5. The molecule has 7 heteroatoms. The Kier molecular flexibility index (Phi) is 10.0. The van der Waals surface area contributed by atoms with E-state index in [4.69, 9.17) is 20.6 Å². The zero-order chi connectivity index (χ0) is 23.7. The summed E-state index contributed by atoms with van der Waals surface area (Å²) in [6.07, 6.45) is 2.79. The van der Waals surface area contributed by atoms with Crippen LogP contribution in [0.3, 0.4) is 0 Å². The molecule has 0 aromatic heterocycles. The summed E-state index contributed by atoms with van der Waals surface area (Å²) in [4.78, 5) is 14.9. The van der Waals surface area contributed by atoms with E-state index in [1.165, 1.54) is 0 Å². The van der Waals surface area contributed by atoms with Crippen molar-refractivity contribution in [3.63, 3.8) is 0 Å². The average molecular weight is 504 g/mol. The standard InChI is InChI=1S/C25H34BrN3O3/c1-17(2)29(18(3)4)25(30)22-16-21(12-13-23(22)26)32-15-7-5-6-14-31-20-10-8-19(9-11-20)24(27)28/h8-13,16-18H,5-7,14-15H2,1-4H3,(H3,27,28). The van der Waals surface area contributed by atoms with Crippen molar-refractivity contribution in [3.05, 3.63) is 58.1 Å². The lowest BCUT2D eigenvalue weighted by atomic mass is 10.1. The minimum Gasteiger partial charge on any atom is -0.494 e. The molecule has 2 rings (SSSR count). The van der Waals surface area contributed by atoms with Gasteiger partial charge in [0.15, 0.2) is 0 Å². The largest absolute Gasteiger partial charge is 0.494 e. The van der Waals surface area contributed by atoms with Crippen LogP contribution in [0.25, 0.3) is 0 Å². The third-order valence-corrected chi connectivity index (χ3v) is 5.70. The molecule has 0 aliphatic rings. The van der Waals surface area contributed by atoms with E-state index in [2.05, 4.69) is 15.9 Å². The molecule has 174 valence electrons. The van der Waals surface area contributed by atoms with E-state index in [0.717, 1.165) is 29.5 Å². The van der Waals surface area contributed by atoms with Crippen molar-refractivity contribution >= 4 is 27.7 Å². The van der Waals surface area contributed by atoms with E-state index >= 15 is 0 Å². The van der Waals surface area contributed by atoms with Gasteiger partial charge in [-0.3, -0.25) is 10.2 Å². The summed E-state index contributed by atoms with van der Waals surface area (Å²) in [5.41, 5.74) is 6.76. The van der Waals surface area contributed by atoms with E-state index in [1.54, 1.807) is 12.1 Å². The van der Waals surface area contributed by atoms with Crippen molar-refractivity contribution in [1.82, 2.24) is 4.90 Å². The SMILES string of the molecule is CC(C)N(C(=O)c1cc(OCCCCCOc2ccc(C(=N)N)cc2)ccc1Br)C(C)C. The number of carbonyl (C=O) groups excluding carboxylic acids is 1. The zero-order valence-electron chi connectivity index (χ0n) is 19.4. The number of rotatable bonds is 12. The molecule has 0 fully saturated rings. The number of halogens is 1. The molecule has 1 amide bonds. The van der Waals surface area contributed by atoms with Crippen LogP contribution in [-0.2, 0) is 0 Å². The molecule has 0 aliphatic heterocycles.